The SMILES string of the molecule is CNNC(=O)C1(Cc2cccc([NH-])n2)CCN(C)CC1.[CH3-].[W+2]. The molecule has 1 aromatic rings. The van der Waals surface area contributed by atoms with Crippen LogP contribution in [0.15, 0.2) is 18.2 Å². The number of piperidine rings is 1. The number of amides is 1. The van der Waals surface area contributed by atoms with Gasteiger partial charge in [-0.15, -0.1) is 0 Å². The quantitative estimate of drug-likeness (QED) is 0.514. The second-order valence-electron chi connectivity index (χ2n) is 5.48. The number of carbonyl (C=O) groups excluding carboxylic acids is 1. The summed E-state index contributed by atoms with van der Waals surface area (Å²) in [6.07, 6.45) is 2.20. The molecule has 2 rings (SSSR count). The summed E-state index contributed by atoms with van der Waals surface area (Å²) >= 11 is 0. The van der Waals surface area contributed by atoms with Crippen LogP contribution >= 0.6 is 0 Å². The van der Waals surface area contributed by atoms with Crippen LogP contribution in [0.1, 0.15) is 18.5 Å². The van der Waals surface area contributed by atoms with E-state index >= 15 is 0 Å². The molecule has 1 aliphatic heterocycles. The average Bonchev–Trinajstić information content (AvgIpc) is 2.42. The first-order valence-electron chi connectivity index (χ1n) is 6.89. The van der Waals surface area contributed by atoms with Crippen molar-refractivity contribution in [3.63, 3.8) is 0 Å². The number of nitrogens with zero attached hydrogens (tertiary/aromatic N) is 2. The second kappa shape index (κ2) is 9.23. The maximum Gasteiger partial charge on any atom is 2.00 e. The smallest absolute Gasteiger partial charge is 0.482 e. The van der Waals surface area contributed by atoms with Gasteiger partial charge in [0.25, 0.3) is 0 Å². The summed E-state index contributed by atoms with van der Waals surface area (Å²) in [6, 6.07) is 5.37. The van der Waals surface area contributed by atoms with Crippen LogP contribution in [-0.4, -0.2) is 43.0 Å². The van der Waals surface area contributed by atoms with Crippen molar-refractivity contribution < 1.29 is 25.9 Å². The predicted molar refractivity (Wildman–Crippen MR) is 84.7 cm³/mol. The number of hydrogen-bond acceptors (Lipinski definition) is 4. The Hall–Kier alpha value is -0.972. The van der Waals surface area contributed by atoms with Crippen molar-refractivity contribution in [3.05, 3.63) is 37.1 Å². The predicted octanol–water partition coefficient (Wildman–Crippen LogP) is 1.72. The van der Waals surface area contributed by atoms with Gasteiger partial charge in [-0.1, -0.05) is 29.7 Å². The van der Waals surface area contributed by atoms with Gasteiger partial charge in [-0.25, -0.2) is 5.43 Å². The van der Waals surface area contributed by atoms with Crippen LogP contribution < -0.4 is 10.9 Å². The summed E-state index contributed by atoms with van der Waals surface area (Å²) < 4.78 is 0. The van der Waals surface area contributed by atoms with Gasteiger partial charge in [0.2, 0.25) is 5.91 Å². The largest absolute Gasteiger partial charge is 2.00 e. The number of likely N-dealkylation sites (tertiary alicyclic amines) is 1. The molecule has 0 aromatic carbocycles. The fraction of sp³-hybridized carbons (Fsp3) is 0.533. The fourth-order valence-corrected chi connectivity index (χ4v) is 2.70. The molecule has 1 aromatic heterocycles. The summed E-state index contributed by atoms with van der Waals surface area (Å²) in [5, 5.41) is 0. The summed E-state index contributed by atoms with van der Waals surface area (Å²) in [5.74, 6) is 0.268. The molecule has 2 heterocycles. The van der Waals surface area contributed by atoms with E-state index in [-0.39, 0.29) is 40.2 Å². The minimum atomic E-state index is -0.434. The molecular weight excluding hydrogens is 450 g/mol. The van der Waals surface area contributed by atoms with Crippen LogP contribution in [0, 0.1) is 12.8 Å². The third-order valence-corrected chi connectivity index (χ3v) is 3.99. The van der Waals surface area contributed by atoms with Crippen LogP contribution in [0.3, 0.4) is 0 Å². The van der Waals surface area contributed by atoms with Gasteiger partial charge >= 0.3 is 21.1 Å². The van der Waals surface area contributed by atoms with E-state index in [2.05, 4.69) is 27.8 Å². The van der Waals surface area contributed by atoms with E-state index in [0.717, 1.165) is 31.6 Å². The Morgan fingerprint density at radius 1 is 1.41 bits per heavy atom. The number of nitrogens with one attached hydrogen (secondary N) is 3. The Morgan fingerprint density at radius 2 is 2.05 bits per heavy atom. The minimum absolute atomic E-state index is 0. The van der Waals surface area contributed by atoms with Crippen molar-refractivity contribution in [1.82, 2.24) is 20.7 Å². The van der Waals surface area contributed by atoms with E-state index in [9.17, 15) is 4.79 Å². The number of hydrogen-bond donors (Lipinski definition) is 2. The third kappa shape index (κ3) is 5.04. The van der Waals surface area contributed by atoms with Crippen molar-refractivity contribution in [1.29, 1.82) is 0 Å². The molecule has 0 radical (unpaired) electrons. The van der Waals surface area contributed by atoms with Crippen LogP contribution in [-0.2, 0) is 32.3 Å². The van der Waals surface area contributed by atoms with Crippen LogP contribution in [0.2, 0.25) is 0 Å². The monoisotopic (exact) mass is 475 g/mol. The molecule has 3 N–H and O–H groups in total. The zero-order valence-electron chi connectivity index (χ0n) is 13.5. The second-order valence-corrected chi connectivity index (χ2v) is 5.48. The molecule has 22 heavy (non-hydrogen) atoms. The average molecular weight is 475 g/mol. The molecule has 0 saturated carbocycles. The number of pyridine rings is 1. The number of carbonyl (C=O) groups is 1. The van der Waals surface area contributed by atoms with Crippen molar-refractivity contribution >= 4 is 11.7 Å². The zero-order chi connectivity index (χ0) is 14.6. The minimum Gasteiger partial charge on any atom is -0.482 e. The van der Waals surface area contributed by atoms with Gasteiger partial charge in [-0.05, 0) is 39.4 Å². The van der Waals surface area contributed by atoms with Gasteiger partial charge < -0.3 is 23.0 Å². The first-order chi connectivity index (χ1) is 9.55. The summed E-state index contributed by atoms with van der Waals surface area (Å²) in [6.45, 7) is 1.80. The molecule has 7 heteroatoms. The van der Waals surface area contributed by atoms with Crippen molar-refractivity contribution in [2.24, 2.45) is 5.41 Å². The molecule has 0 unspecified atom stereocenters. The Bertz CT molecular complexity index is 475. The molecule has 0 bridgehead atoms. The first kappa shape index (κ1) is 21.0. The van der Waals surface area contributed by atoms with E-state index < -0.39 is 5.41 Å². The molecule has 122 valence electrons. The third-order valence-electron chi connectivity index (χ3n) is 3.99. The van der Waals surface area contributed by atoms with Gasteiger partial charge in [0, 0.05) is 7.05 Å². The molecule has 0 atom stereocenters. The number of hydrazine groups is 1. The number of rotatable bonds is 4. The Balaban J connectivity index is 0.00000220. The van der Waals surface area contributed by atoms with Gasteiger partial charge in [0.05, 0.1) is 5.41 Å². The van der Waals surface area contributed by atoms with Gasteiger partial charge in [-0.3, -0.25) is 10.2 Å². The zero-order valence-corrected chi connectivity index (χ0v) is 16.4. The van der Waals surface area contributed by atoms with Crippen molar-refractivity contribution in [3.8, 4) is 0 Å². The Labute approximate surface area is 147 Å². The molecule has 1 amide bonds. The van der Waals surface area contributed by atoms with Crippen LogP contribution in [0.25, 0.3) is 5.73 Å². The first-order valence-corrected chi connectivity index (χ1v) is 6.89. The molecule has 1 aliphatic rings. The standard InChI is InChI=1S/C14H23N5O.CH3.W/c1-16-18-13(20)14(6-8-19(2)9-7-14)10-11-4-3-5-12(15)17-11;;/h3-5,16H,6-10H2,1-2H3,(H3,15,17,18,20);1H3;/q;-1;+2/p-1. The molecule has 1 fully saturated rings. The van der Waals surface area contributed by atoms with E-state index in [1.54, 1.807) is 13.1 Å². The van der Waals surface area contributed by atoms with Crippen molar-refractivity contribution in [2.75, 3.05) is 27.2 Å². The molecular formula is C15H25N5OW. The van der Waals surface area contributed by atoms with E-state index in [1.165, 1.54) is 0 Å². The van der Waals surface area contributed by atoms with E-state index in [1.807, 2.05) is 12.1 Å². The normalized spacial score (nSPS) is 17.0. The maximum atomic E-state index is 12.4. The number of aromatic nitrogens is 1. The molecule has 0 spiro atoms. The maximum absolute atomic E-state index is 12.4. The fourth-order valence-electron chi connectivity index (χ4n) is 2.70. The van der Waals surface area contributed by atoms with Crippen LogP contribution in [0.4, 0.5) is 5.82 Å². The Morgan fingerprint density at radius 3 is 2.59 bits per heavy atom. The summed E-state index contributed by atoms with van der Waals surface area (Å²) in [7, 11) is 3.77. The van der Waals surface area contributed by atoms with Gasteiger partial charge in [0.15, 0.2) is 0 Å². The molecule has 0 aliphatic carbocycles. The topological polar surface area (TPSA) is 81.1 Å². The van der Waals surface area contributed by atoms with E-state index in [0.29, 0.717) is 6.42 Å². The van der Waals surface area contributed by atoms with E-state index in [4.69, 9.17) is 5.73 Å². The molecule has 1 saturated heterocycles. The van der Waals surface area contributed by atoms with Crippen LogP contribution in [0.5, 0.6) is 0 Å². The Kier molecular flexibility index (Phi) is 8.82. The van der Waals surface area contributed by atoms with Crippen molar-refractivity contribution in [2.45, 2.75) is 19.3 Å². The summed E-state index contributed by atoms with van der Waals surface area (Å²) in [4.78, 5) is 18.9. The summed E-state index contributed by atoms with van der Waals surface area (Å²) in [5.41, 5.74) is 13.4. The van der Waals surface area contributed by atoms with Gasteiger partial charge in [0.1, 0.15) is 0 Å². The van der Waals surface area contributed by atoms with Gasteiger partial charge in [-0.2, -0.15) is 0 Å². The molecule has 6 nitrogen and oxygen atoms in total.